The third kappa shape index (κ3) is 4.15. The van der Waals surface area contributed by atoms with Crippen molar-refractivity contribution in [2.75, 3.05) is 22.7 Å². The van der Waals surface area contributed by atoms with E-state index in [0.29, 0.717) is 36.4 Å². The van der Waals surface area contributed by atoms with Crippen molar-refractivity contribution in [1.29, 1.82) is 0 Å². The van der Waals surface area contributed by atoms with Crippen molar-refractivity contribution in [2.24, 2.45) is 0 Å². The van der Waals surface area contributed by atoms with Gasteiger partial charge in [0.2, 0.25) is 0 Å². The number of nitrogens with zero attached hydrogens (tertiary/aromatic N) is 1. The smallest absolute Gasteiger partial charge is 0.264 e. The first kappa shape index (κ1) is 22.1. The molecule has 0 saturated carbocycles. The number of halogens is 1. The summed E-state index contributed by atoms with van der Waals surface area (Å²) in [6, 6.07) is 15.9. The highest BCUT2D eigenvalue weighted by molar-refractivity contribution is 7.93. The molecule has 1 aliphatic rings. The zero-order chi connectivity index (χ0) is 22.9. The van der Waals surface area contributed by atoms with Gasteiger partial charge in [-0.2, -0.15) is 0 Å². The maximum absolute atomic E-state index is 14.0. The van der Waals surface area contributed by atoms with Crippen molar-refractivity contribution < 1.29 is 26.0 Å². The average Bonchev–Trinajstić information content (AvgIpc) is 2.78. The molecule has 7 nitrogen and oxygen atoms in total. The molecule has 0 spiro atoms. The fraction of sp³-hybridized carbons (Fsp3) is 0.182. The van der Waals surface area contributed by atoms with E-state index in [1.165, 1.54) is 47.8 Å². The summed E-state index contributed by atoms with van der Waals surface area (Å²) in [4.78, 5) is -0.322. The summed E-state index contributed by atoms with van der Waals surface area (Å²) < 4.78 is 74.3. The lowest BCUT2D eigenvalue weighted by atomic mass is 10.0. The van der Waals surface area contributed by atoms with Gasteiger partial charge in [0.15, 0.2) is 0 Å². The maximum atomic E-state index is 14.0. The molecule has 4 rings (SSSR count). The summed E-state index contributed by atoms with van der Waals surface area (Å²) >= 11 is 0. The van der Waals surface area contributed by atoms with E-state index in [1.807, 2.05) is 0 Å². The molecule has 32 heavy (non-hydrogen) atoms. The Morgan fingerprint density at radius 1 is 0.969 bits per heavy atom. The van der Waals surface area contributed by atoms with Gasteiger partial charge in [0.05, 0.1) is 17.7 Å². The van der Waals surface area contributed by atoms with E-state index in [1.54, 1.807) is 24.3 Å². The second kappa shape index (κ2) is 8.44. The molecule has 0 aliphatic carbocycles. The van der Waals surface area contributed by atoms with Gasteiger partial charge in [-0.15, -0.1) is 0 Å². The Morgan fingerprint density at radius 3 is 2.38 bits per heavy atom. The molecule has 0 fully saturated rings. The monoisotopic (exact) mass is 476 g/mol. The van der Waals surface area contributed by atoms with Gasteiger partial charge in [-0.05, 0) is 73.0 Å². The molecule has 3 aromatic rings. The number of sulfonamides is 2. The molecule has 0 unspecified atom stereocenters. The second-order valence-corrected chi connectivity index (χ2v) is 10.7. The Labute approximate surface area is 186 Å². The SMILES string of the molecule is COc1ccc(S(=O)(=O)N2CCCc3cc(NS(=O)(=O)c4ccccc4F)ccc32)cc1. The maximum Gasteiger partial charge on any atom is 0.264 e. The molecule has 1 heterocycles. The van der Waals surface area contributed by atoms with Crippen LogP contribution >= 0.6 is 0 Å². The zero-order valence-electron chi connectivity index (χ0n) is 17.2. The quantitative estimate of drug-likeness (QED) is 0.585. The predicted octanol–water partition coefficient (Wildman–Crippen LogP) is 3.78. The second-order valence-electron chi connectivity index (χ2n) is 7.24. The standard InChI is InChI=1S/C22H21FN2O5S2/c1-30-18-9-11-19(12-10-18)32(28,29)25-14-4-5-16-15-17(8-13-21(16)25)24-31(26,27)22-7-3-2-6-20(22)23/h2-3,6-13,15,24H,4-5,14H2,1H3. The molecule has 1 aliphatic heterocycles. The molecule has 0 aromatic heterocycles. The molecule has 0 atom stereocenters. The Hall–Kier alpha value is -3.11. The fourth-order valence-electron chi connectivity index (χ4n) is 3.62. The minimum Gasteiger partial charge on any atom is -0.497 e. The van der Waals surface area contributed by atoms with E-state index in [9.17, 15) is 21.2 Å². The molecular formula is C22H21FN2O5S2. The highest BCUT2D eigenvalue weighted by atomic mass is 32.2. The third-order valence-electron chi connectivity index (χ3n) is 5.18. The Bertz CT molecular complexity index is 1360. The minimum atomic E-state index is -4.13. The number of nitrogens with one attached hydrogen (secondary N) is 1. The summed E-state index contributed by atoms with van der Waals surface area (Å²) in [5, 5.41) is 0. The average molecular weight is 477 g/mol. The summed E-state index contributed by atoms with van der Waals surface area (Å²) in [6.45, 7) is 0.307. The Morgan fingerprint density at radius 2 is 1.69 bits per heavy atom. The molecule has 0 amide bonds. The van der Waals surface area contributed by atoms with Crippen LogP contribution in [0.3, 0.4) is 0 Å². The third-order valence-corrected chi connectivity index (χ3v) is 8.42. The fourth-order valence-corrected chi connectivity index (χ4v) is 6.29. The summed E-state index contributed by atoms with van der Waals surface area (Å²) in [6.07, 6.45) is 1.16. The first-order valence-corrected chi connectivity index (χ1v) is 12.7. The highest BCUT2D eigenvalue weighted by Crippen LogP contribution is 2.34. The van der Waals surface area contributed by atoms with Gasteiger partial charge in [0.1, 0.15) is 16.5 Å². The van der Waals surface area contributed by atoms with Crippen molar-refractivity contribution in [1.82, 2.24) is 0 Å². The molecule has 3 aromatic carbocycles. The number of aryl methyl sites for hydroxylation is 1. The lowest BCUT2D eigenvalue weighted by Crippen LogP contribution is -2.35. The number of hydrogen-bond acceptors (Lipinski definition) is 5. The van der Waals surface area contributed by atoms with Crippen LogP contribution in [-0.4, -0.2) is 30.5 Å². The highest BCUT2D eigenvalue weighted by Gasteiger charge is 2.29. The van der Waals surface area contributed by atoms with Crippen LogP contribution in [0, 0.1) is 5.82 Å². The van der Waals surface area contributed by atoms with Crippen LogP contribution in [0.5, 0.6) is 5.75 Å². The first-order chi connectivity index (χ1) is 15.2. The van der Waals surface area contributed by atoms with Gasteiger partial charge >= 0.3 is 0 Å². The van der Waals surface area contributed by atoms with Gasteiger partial charge in [-0.1, -0.05) is 12.1 Å². The number of ether oxygens (including phenoxy) is 1. The largest absolute Gasteiger partial charge is 0.497 e. The minimum absolute atomic E-state index is 0.135. The summed E-state index contributed by atoms with van der Waals surface area (Å²) in [5.41, 5.74) is 1.40. The summed E-state index contributed by atoms with van der Waals surface area (Å²) in [5.74, 6) is -0.301. The van der Waals surface area contributed by atoms with Gasteiger partial charge in [-0.3, -0.25) is 9.03 Å². The number of anilines is 2. The number of hydrogen-bond donors (Lipinski definition) is 1. The van der Waals surface area contributed by atoms with Crippen LogP contribution < -0.4 is 13.8 Å². The molecular weight excluding hydrogens is 455 g/mol. The Balaban J connectivity index is 1.65. The van der Waals surface area contributed by atoms with Crippen molar-refractivity contribution in [3.05, 3.63) is 78.1 Å². The molecule has 10 heteroatoms. The van der Waals surface area contributed by atoms with Crippen LogP contribution in [0.15, 0.2) is 76.5 Å². The van der Waals surface area contributed by atoms with Gasteiger partial charge in [0, 0.05) is 12.2 Å². The van der Waals surface area contributed by atoms with E-state index < -0.39 is 30.8 Å². The molecule has 0 saturated heterocycles. The van der Waals surface area contributed by atoms with Crippen LogP contribution in [0.4, 0.5) is 15.8 Å². The van der Waals surface area contributed by atoms with Crippen molar-refractivity contribution in [3.8, 4) is 5.75 Å². The first-order valence-electron chi connectivity index (χ1n) is 9.79. The number of benzene rings is 3. The zero-order valence-corrected chi connectivity index (χ0v) is 18.8. The van der Waals surface area contributed by atoms with Crippen molar-refractivity contribution in [2.45, 2.75) is 22.6 Å². The summed E-state index contributed by atoms with van der Waals surface area (Å²) in [7, 11) is -6.44. The van der Waals surface area contributed by atoms with Crippen LogP contribution in [0.2, 0.25) is 0 Å². The van der Waals surface area contributed by atoms with Crippen LogP contribution in [-0.2, 0) is 26.5 Å². The molecule has 0 radical (unpaired) electrons. The van der Waals surface area contributed by atoms with E-state index in [0.717, 1.165) is 6.07 Å². The molecule has 1 N–H and O–H groups in total. The van der Waals surface area contributed by atoms with Gasteiger partial charge < -0.3 is 4.74 Å². The molecule has 0 bridgehead atoms. The van der Waals surface area contributed by atoms with Gasteiger partial charge in [0.25, 0.3) is 20.0 Å². The van der Waals surface area contributed by atoms with Crippen LogP contribution in [0.25, 0.3) is 0 Å². The molecule has 168 valence electrons. The lowest BCUT2D eigenvalue weighted by Gasteiger charge is -2.31. The number of rotatable bonds is 6. The predicted molar refractivity (Wildman–Crippen MR) is 119 cm³/mol. The number of fused-ring (bicyclic) bond motifs is 1. The normalized spacial score (nSPS) is 14.0. The van der Waals surface area contributed by atoms with Crippen LogP contribution in [0.1, 0.15) is 12.0 Å². The van der Waals surface area contributed by atoms with E-state index >= 15 is 0 Å². The van der Waals surface area contributed by atoms with E-state index in [2.05, 4.69) is 4.72 Å². The Kier molecular flexibility index (Phi) is 5.83. The topological polar surface area (TPSA) is 92.8 Å². The van der Waals surface area contributed by atoms with Crippen molar-refractivity contribution >= 4 is 31.4 Å². The van der Waals surface area contributed by atoms with E-state index in [4.69, 9.17) is 4.74 Å². The van der Waals surface area contributed by atoms with Crippen molar-refractivity contribution in [3.63, 3.8) is 0 Å². The number of methoxy groups -OCH3 is 1. The lowest BCUT2D eigenvalue weighted by molar-refractivity contribution is 0.414. The van der Waals surface area contributed by atoms with E-state index in [-0.39, 0.29) is 10.6 Å². The van der Waals surface area contributed by atoms with Gasteiger partial charge in [-0.25, -0.2) is 21.2 Å².